The molecule has 0 aliphatic heterocycles. The highest BCUT2D eigenvalue weighted by atomic mass is 16.5. The maximum absolute atomic E-state index is 12.3. The van der Waals surface area contributed by atoms with E-state index in [4.69, 9.17) is 4.74 Å². The Morgan fingerprint density at radius 3 is 2.45 bits per heavy atom. The van der Waals surface area contributed by atoms with E-state index in [1.165, 1.54) is 50.5 Å². The van der Waals surface area contributed by atoms with E-state index in [9.17, 15) is 4.79 Å². The van der Waals surface area contributed by atoms with Crippen molar-refractivity contribution < 1.29 is 9.53 Å². The predicted molar refractivity (Wildman–Crippen MR) is 124 cm³/mol. The summed E-state index contributed by atoms with van der Waals surface area (Å²) in [6.45, 7) is 2.51. The van der Waals surface area contributed by atoms with Gasteiger partial charge in [0.2, 0.25) is 0 Å². The van der Waals surface area contributed by atoms with Crippen LogP contribution in [0, 0.1) is 0 Å². The van der Waals surface area contributed by atoms with E-state index in [1.807, 2.05) is 18.2 Å². The van der Waals surface area contributed by atoms with Crippen molar-refractivity contribution in [1.29, 1.82) is 0 Å². The first kappa shape index (κ1) is 21.4. The van der Waals surface area contributed by atoms with Gasteiger partial charge in [-0.15, -0.1) is 0 Å². The number of ether oxygens (including phenoxy) is 1. The zero-order valence-corrected chi connectivity index (χ0v) is 18.4. The summed E-state index contributed by atoms with van der Waals surface area (Å²) >= 11 is 0. The molecule has 1 aromatic heterocycles. The van der Waals surface area contributed by atoms with Crippen LogP contribution in [-0.4, -0.2) is 28.6 Å². The first-order valence-corrected chi connectivity index (χ1v) is 11.3. The van der Waals surface area contributed by atoms with Crippen molar-refractivity contribution in [2.45, 2.75) is 57.8 Å². The molecule has 4 heteroatoms. The lowest BCUT2D eigenvalue weighted by atomic mass is 9.93. The molecule has 1 fully saturated rings. The van der Waals surface area contributed by atoms with E-state index in [-0.39, 0.29) is 5.97 Å². The Bertz CT molecular complexity index is 974. The van der Waals surface area contributed by atoms with Gasteiger partial charge in [-0.2, -0.15) is 0 Å². The van der Waals surface area contributed by atoms with Gasteiger partial charge in [-0.25, -0.2) is 4.79 Å². The van der Waals surface area contributed by atoms with E-state index in [0.717, 1.165) is 25.2 Å². The highest BCUT2D eigenvalue weighted by molar-refractivity contribution is 5.90. The molecule has 0 spiro atoms. The molecule has 0 bridgehead atoms. The summed E-state index contributed by atoms with van der Waals surface area (Å²) in [5, 5.41) is 0. The number of nitrogens with zero attached hydrogens (tertiary/aromatic N) is 2. The molecule has 0 radical (unpaired) electrons. The van der Waals surface area contributed by atoms with Gasteiger partial charge in [0.1, 0.15) is 0 Å². The molecule has 0 unspecified atom stereocenters. The average molecular weight is 417 g/mol. The Labute approximate surface area is 185 Å². The van der Waals surface area contributed by atoms with Gasteiger partial charge >= 0.3 is 5.97 Å². The summed E-state index contributed by atoms with van der Waals surface area (Å²) in [5.41, 5.74) is 4.33. The fourth-order valence-electron chi connectivity index (χ4n) is 4.68. The molecule has 1 aliphatic rings. The van der Waals surface area contributed by atoms with Crippen LogP contribution < -0.4 is 0 Å². The Morgan fingerprint density at radius 2 is 1.68 bits per heavy atom. The number of aromatic nitrogens is 1. The molecule has 0 N–H and O–H groups in total. The summed E-state index contributed by atoms with van der Waals surface area (Å²) in [6, 6.07) is 23.4. The Balaban J connectivity index is 1.57. The first-order chi connectivity index (χ1) is 15.2. The number of esters is 1. The molecule has 1 saturated carbocycles. The maximum Gasteiger partial charge on any atom is 0.338 e. The topological polar surface area (TPSA) is 34.5 Å². The van der Waals surface area contributed by atoms with Crippen molar-refractivity contribution in [3.05, 3.63) is 95.3 Å². The van der Waals surface area contributed by atoms with Crippen LogP contribution in [0.3, 0.4) is 0 Å². The van der Waals surface area contributed by atoms with E-state index in [2.05, 4.69) is 64.2 Å². The van der Waals surface area contributed by atoms with Crippen LogP contribution in [0.4, 0.5) is 0 Å². The second-order valence-electron chi connectivity index (χ2n) is 8.46. The SMILES string of the molecule is COC(=O)c1ccccc1CN(Cc1cccn1Cc1ccccc1)C1CCCCC1. The molecule has 0 atom stereocenters. The fourth-order valence-corrected chi connectivity index (χ4v) is 4.68. The Hall–Kier alpha value is -2.85. The second kappa shape index (κ2) is 10.5. The minimum atomic E-state index is -0.258. The molecule has 162 valence electrons. The maximum atomic E-state index is 12.3. The smallest absolute Gasteiger partial charge is 0.338 e. The number of hydrogen-bond donors (Lipinski definition) is 0. The van der Waals surface area contributed by atoms with E-state index < -0.39 is 0 Å². The number of carbonyl (C=O) groups excluding carboxylic acids is 1. The highest BCUT2D eigenvalue weighted by Gasteiger charge is 2.24. The third-order valence-electron chi connectivity index (χ3n) is 6.37. The van der Waals surface area contributed by atoms with Gasteiger partial charge in [0, 0.05) is 37.6 Å². The molecule has 1 heterocycles. The summed E-state index contributed by atoms with van der Waals surface area (Å²) in [7, 11) is 1.45. The minimum Gasteiger partial charge on any atom is -0.465 e. The van der Waals surface area contributed by atoms with Gasteiger partial charge in [-0.05, 0) is 42.2 Å². The molecule has 2 aromatic carbocycles. The number of rotatable bonds is 8. The van der Waals surface area contributed by atoms with E-state index in [0.29, 0.717) is 11.6 Å². The minimum absolute atomic E-state index is 0.258. The molecule has 1 aliphatic carbocycles. The van der Waals surface area contributed by atoms with Crippen molar-refractivity contribution >= 4 is 5.97 Å². The zero-order chi connectivity index (χ0) is 21.5. The molecule has 0 amide bonds. The van der Waals surface area contributed by atoms with Crippen LogP contribution in [0.1, 0.15) is 59.3 Å². The first-order valence-electron chi connectivity index (χ1n) is 11.3. The molecular weight excluding hydrogens is 384 g/mol. The lowest BCUT2D eigenvalue weighted by Crippen LogP contribution is -2.36. The van der Waals surface area contributed by atoms with E-state index >= 15 is 0 Å². The Morgan fingerprint density at radius 1 is 0.935 bits per heavy atom. The molecular formula is C27H32N2O2. The molecule has 31 heavy (non-hydrogen) atoms. The summed E-state index contributed by atoms with van der Waals surface area (Å²) in [5.74, 6) is -0.258. The summed E-state index contributed by atoms with van der Waals surface area (Å²) < 4.78 is 7.38. The van der Waals surface area contributed by atoms with Crippen molar-refractivity contribution in [3.63, 3.8) is 0 Å². The monoisotopic (exact) mass is 416 g/mol. The van der Waals surface area contributed by atoms with Crippen LogP contribution in [0.5, 0.6) is 0 Å². The van der Waals surface area contributed by atoms with Crippen LogP contribution in [0.2, 0.25) is 0 Å². The summed E-state index contributed by atoms with van der Waals surface area (Å²) in [6.07, 6.45) is 8.51. The molecule has 4 nitrogen and oxygen atoms in total. The number of methoxy groups -OCH3 is 1. The van der Waals surface area contributed by atoms with E-state index in [1.54, 1.807) is 0 Å². The van der Waals surface area contributed by atoms with Gasteiger partial charge < -0.3 is 9.30 Å². The third-order valence-corrected chi connectivity index (χ3v) is 6.37. The second-order valence-corrected chi connectivity index (χ2v) is 8.46. The van der Waals surface area contributed by atoms with Crippen LogP contribution >= 0.6 is 0 Å². The predicted octanol–water partition coefficient (Wildman–Crippen LogP) is 5.66. The highest BCUT2D eigenvalue weighted by Crippen LogP contribution is 2.27. The van der Waals surface area contributed by atoms with Crippen LogP contribution in [0.15, 0.2) is 72.9 Å². The quantitative estimate of drug-likeness (QED) is 0.445. The number of benzene rings is 2. The standard InChI is InChI=1S/C27H32N2O2/c1-31-27(30)26-17-9-8-13-23(26)20-29(24-14-6-3-7-15-24)21-25-16-10-18-28(25)19-22-11-4-2-5-12-22/h2,4-5,8-13,16-18,24H,3,6-7,14-15,19-21H2,1H3. The van der Waals surface area contributed by atoms with Crippen molar-refractivity contribution in [2.24, 2.45) is 0 Å². The van der Waals surface area contributed by atoms with Crippen molar-refractivity contribution in [3.8, 4) is 0 Å². The van der Waals surface area contributed by atoms with Gasteiger partial charge in [0.05, 0.1) is 12.7 Å². The van der Waals surface area contributed by atoms with Gasteiger partial charge in [0.25, 0.3) is 0 Å². The average Bonchev–Trinajstić information content (AvgIpc) is 3.26. The largest absolute Gasteiger partial charge is 0.465 e. The Kier molecular flexibility index (Phi) is 7.21. The number of hydrogen-bond acceptors (Lipinski definition) is 3. The molecule has 0 saturated heterocycles. The lowest BCUT2D eigenvalue weighted by Gasteiger charge is -2.35. The van der Waals surface area contributed by atoms with Gasteiger partial charge in [-0.1, -0.05) is 67.8 Å². The van der Waals surface area contributed by atoms with Gasteiger partial charge in [0.15, 0.2) is 0 Å². The van der Waals surface area contributed by atoms with Crippen molar-refractivity contribution in [1.82, 2.24) is 9.47 Å². The van der Waals surface area contributed by atoms with Crippen LogP contribution in [0.25, 0.3) is 0 Å². The molecule has 4 rings (SSSR count). The number of carbonyl (C=O) groups is 1. The normalized spacial score (nSPS) is 14.6. The molecule has 3 aromatic rings. The lowest BCUT2D eigenvalue weighted by molar-refractivity contribution is 0.0596. The fraction of sp³-hybridized carbons (Fsp3) is 0.370. The zero-order valence-electron chi connectivity index (χ0n) is 18.4. The summed E-state index contributed by atoms with van der Waals surface area (Å²) in [4.78, 5) is 14.9. The van der Waals surface area contributed by atoms with Gasteiger partial charge in [-0.3, -0.25) is 4.90 Å². The van der Waals surface area contributed by atoms with Crippen LogP contribution in [-0.2, 0) is 24.4 Å². The third kappa shape index (κ3) is 5.45. The van der Waals surface area contributed by atoms with Crippen molar-refractivity contribution in [2.75, 3.05) is 7.11 Å².